The van der Waals surface area contributed by atoms with Crippen LogP contribution in [-0.2, 0) is 0 Å². The summed E-state index contributed by atoms with van der Waals surface area (Å²) in [5.41, 5.74) is 0.459. The molecule has 0 aliphatic heterocycles. The first-order chi connectivity index (χ1) is 6.59. The first-order valence-electron chi connectivity index (χ1n) is 5.39. The van der Waals surface area contributed by atoms with E-state index in [9.17, 15) is 0 Å². The van der Waals surface area contributed by atoms with E-state index >= 15 is 0 Å². The molecule has 1 aliphatic carbocycles. The largest absolute Gasteiger partial charge is 0.468 e. The van der Waals surface area contributed by atoms with Crippen molar-refractivity contribution in [2.75, 3.05) is 0 Å². The van der Waals surface area contributed by atoms with Crippen LogP contribution >= 0.6 is 0 Å². The van der Waals surface area contributed by atoms with Gasteiger partial charge in [0.2, 0.25) is 0 Å². The molecular weight excluding hydrogens is 174 g/mol. The molecule has 1 N–H and O–H groups in total. The monoisotopic (exact) mass is 193 g/mol. The van der Waals surface area contributed by atoms with Gasteiger partial charge in [-0.05, 0) is 37.3 Å². The molecule has 0 aromatic carbocycles. The van der Waals surface area contributed by atoms with Gasteiger partial charge in [-0.3, -0.25) is 0 Å². The minimum atomic E-state index is 0.328. The fourth-order valence-electron chi connectivity index (χ4n) is 2.10. The zero-order chi connectivity index (χ0) is 10.2. The summed E-state index contributed by atoms with van der Waals surface area (Å²) >= 11 is 0. The third kappa shape index (κ3) is 1.71. The average Bonchev–Trinajstić information content (AvgIpc) is 2.65. The van der Waals surface area contributed by atoms with Gasteiger partial charge >= 0.3 is 0 Å². The normalized spacial score (nSPS) is 26.9. The van der Waals surface area contributed by atoms with Crippen molar-refractivity contribution in [3.63, 3.8) is 0 Å². The fourth-order valence-corrected chi connectivity index (χ4v) is 2.10. The predicted molar refractivity (Wildman–Crippen MR) is 57.1 cm³/mol. The molecule has 0 amide bonds. The lowest BCUT2D eigenvalue weighted by molar-refractivity contribution is 0.0969. The lowest BCUT2D eigenvalue weighted by Crippen LogP contribution is -2.50. The second-order valence-electron chi connectivity index (χ2n) is 4.98. The second kappa shape index (κ2) is 3.43. The van der Waals surface area contributed by atoms with Crippen molar-refractivity contribution >= 4 is 0 Å². The van der Waals surface area contributed by atoms with Crippen LogP contribution in [0.2, 0.25) is 0 Å². The van der Waals surface area contributed by atoms with E-state index in [0.717, 1.165) is 5.76 Å². The van der Waals surface area contributed by atoms with Gasteiger partial charge in [0.25, 0.3) is 0 Å². The lowest BCUT2D eigenvalue weighted by Gasteiger charge is -2.46. The van der Waals surface area contributed by atoms with E-state index in [4.69, 9.17) is 4.42 Å². The van der Waals surface area contributed by atoms with Crippen molar-refractivity contribution < 1.29 is 4.42 Å². The molecule has 1 aliphatic rings. The van der Waals surface area contributed by atoms with Gasteiger partial charge < -0.3 is 9.73 Å². The molecule has 2 nitrogen and oxygen atoms in total. The number of rotatable bonds is 3. The maximum Gasteiger partial charge on any atom is 0.120 e. The SMILES string of the molecule is C[C@H](NC1CCC1(C)C)c1ccco1. The maximum absolute atomic E-state index is 5.37. The van der Waals surface area contributed by atoms with E-state index in [1.807, 2.05) is 12.1 Å². The third-order valence-corrected chi connectivity index (χ3v) is 3.44. The lowest BCUT2D eigenvalue weighted by atomic mass is 9.67. The van der Waals surface area contributed by atoms with Crippen LogP contribution in [0.4, 0.5) is 0 Å². The summed E-state index contributed by atoms with van der Waals surface area (Å²) in [6, 6.07) is 4.94. The number of nitrogens with one attached hydrogen (secondary N) is 1. The van der Waals surface area contributed by atoms with E-state index in [0.29, 0.717) is 17.5 Å². The van der Waals surface area contributed by atoms with Gasteiger partial charge in [-0.1, -0.05) is 13.8 Å². The van der Waals surface area contributed by atoms with Gasteiger partial charge in [-0.25, -0.2) is 0 Å². The highest BCUT2D eigenvalue weighted by Gasteiger charge is 2.38. The number of hydrogen-bond acceptors (Lipinski definition) is 2. The van der Waals surface area contributed by atoms with E-state index in [1.165, 1.54) is 12.8 Å². The minimum Gasteiger partial charge on any atom is -0.468 e. The van der Waals surface area contributed by atoms with Crippen LogP contribution in [0.25, 0.3) is 0 Å². The van der Waals surface area contributed by atoms with Crippen LogP contribution in [0.15, 0.2) is 22.8 Å². The first-order valence-corrected chi connectivity index (χ1v) is 5.39. The number of hydrogen-bond donors (Lipinski definition) is 1. The van der Waals surface area contributed by atoms with Gasteiger partial charge in [0.1, 0.15) is 5.76 Å². The quantitative estimate of drug-likeness (QED) is 0.798. The Balaban J connectivity index is 1.92. The Kier molecular flexibility index (Phi) is 2.40. The Labute approximate surface area is 85.7 Å². The molecule has 78 valence electrons. The molecule has 1 unspecified atom stereocenters. The Morgan fingerprint density at radius 3 is 2.79 bits per heavy atom. The average molecular weight is 193 g/mol. The molecule has 0 bridgehead atoms. The van der Waals surface area contributed by atoms with Crippen molar-refractivity contribution in [3.05, 3.63) is 24.2 Å². The summed E-state index contributed by atoms with van der Waals surface area (Å²) in [4.78, 5) is 0. The van der Waals surface area contributed by atoms with E-state index in [-0.39, 0.29) is 0 Å². The van der Waals surface area contributed by atoms with E-state index in [1.54, 1.807) is 6.26 Å². The molecule has 1 saturated carbocycles. The molecule has 1 heterocycles. The van der Waals surface area contributed by atoms with Crippen LogP contribution < -0.4 is 5.32 Å². The molecule has 14 heavy (non-hydrogen) atoms. The molecular formula is C12H19NO. The fraction of sp³-hybridized carbons (Fsp3) is 0.667. The summed E-state index contributed by atoms with van der Waals surface area (Å²) in [7, 11) is 0. The predicted octanol–water partition coefficient (Wildman–Crippen LogP) is 3.12. The van der Waals surface area contributed by atoms with Gasteiger partial charge in [-0.2, -0.15) is 0 Å². The van der Waals surface area contributed by atoms with Crippen LogP contribution in [-0.4, -0.2) is 6.04 Å². The van der Waals surface area contributed by atoms with Crippen LogP contribution in [0, 0.1) is 5.41 Å². The molecule has 2 rings (SSSR count). The maximum atomic E-state index is 5.37. The van der Waals surface area contributed by atoms with Crippen molar-refractivity contribution in [3.8, 4) is 0 Å². The molecule has 1 aromatic heterocycles. The molecule has 2 heteroatoms. The molecule has 0 saturated heterocycles. The second-order valence-corrected chi connectivity index (χ2v) is 4.98. The van der Waals surface area contributed by atoms with Gasteiger partial charge in [-0.15, -0.1) is 0 Å². The summed E-state index contributed by atoms with van der Waals surface area (Å²) in [6.45, 7) is 6.80. The van der Waals surface area contributed by atoms with Crippen LogP contribution in [0.5, 0.6) is 0 Å². The molecule has 1 aromatic rings. The van der Waals surface area contributed by atoms with Crippen LogP contribution in [0.1, 0.15) is 45.4 Å². The summed E-state index contributed by atoms with van der Waals surface area (Å²) < 4.78 is 5.37. The van der Waals surface area contributed by atoms with Gasteiger partial charge in [0, 0.05) is 6.04 Å². The van der Waals surface area contributed by atoms with Crippen molar-refractivity contribution in [2.24, 2.45) is 5.41 Å². The Morgan fingerprint density at radius 1 is 1.57 bits per heavy atom. The highest BCUT2D eigenvalue weighted by molar-refractivity contribution is 5.05. The minimum absolute atomic E-state index is 0.328. The van der Waals surface area contributed by atoms with Crippen molar-refractivity contribution in [1.82, 2.24) is 5.32 Å². The highest BCUT2D eigenvalue weighted by Crippen LogP contribution is 2.41. The van der Waals surface area contributed by atoms with Gasteiger partial charge in [0.15, 0.2) is 0 Å². The van der Waals surface area contributed by atoms with E-state index < -0.39 is 0 Å². The molecule has 0 spiro atoms. The molecule has 2 atom stereocenters. The standard InChI is InChI=1S/C12H19NO/c1-9(10-5-4-8-14-10)13-11-6-7-12(11,2)3/h4-5,8-9,11,13H,6-7H2,1-3H3/t9-,11?/m0/s1. The third-order valence-electron chi connectivity index (χ3n) is 3.44. The first kappa shape index (κ1) is 9.78. The topological polar surface area (TPSA) is 25.2 Å². The summed E-state index contributed by atoms with van der Waals surface area (Å²) in [5, 5.41) is 3.62. The van der Waals surface area contributed by atoms with Gasteiger partial charge in [0.05, 0.1) is 12.3 Å². The Hall–Kier alpha value is -0.760. The molecule has 1 fully saturated rings. The Morgan fingerprint density at radius 2 is 2.36 bits per heavy atom. The summed E-state index contributed by atoms with van der Waals surface area (Å²) in [5.74, 6) is 1.03. The Bertz CT molecular complexity index is 289. The zero-order valence-electron chi connectivity index (χ0n) is 9.21. The van der Waals surface area contributed by atoms with E-state index in [2.05, 4.69) is 26.1 Å². The zero-order valence-corrected chi connectivity index (χ0v) is 9.21. The van der Waals surface area contributed by atoms with Crippen molar-refractivity contribution in [2.45, 2.75) is 45.7 Å². The van der Waals surface area contributed by atoms with Crippen molar-refractivity contribution in [1.29, 1.82) is 0 Å². The molecule has 0 radical (unpaired) electrons. The van der Waals surface area contributed by atoms with Crippen LogP contribution in [0.3, 0.4) is 0 Å². The number of furan rings is 1. The summed E-state index contributed by atoms with van der Waals surface area (Å²) in [6.07, 6.45) is 4.35. The smallest absolute Gasteiger partial charge is 0.120 e. The highest BCUT2D eigenvalue weighted by atomic mass is 16.3.